The van der Waals surface area contributed by atoms with Gasteiger partial charge in [0.1, 0.15) is 0 Å². The van der Waals surface area contributed by atoms with Crippen LogP contribution in [-0.2, 0) is 20.2 Å². The molecule has 0 bridgehead atoms. The number of hydrogen-bond acceptors (Lipinski definition) is 8. The smallest absolute Gasteiger partial charge is 0.780 e. The van der Waals surface area contributed by atoms with E-state index in [0.717, 1.165) is 0 Å². The van der Waals surface area contributed by atoms with Gasteiger partial charge in [-0.3, -0.25) is 25.2 Å². The van der Waals surface area contributed by atoms with E-state index in [9.17, 15) is 0 Å². The Hall–Kier alpha value is 2.13. The van der Waals surface area contributed by atoms with E-state index in [1.807, 2.05) is 0 Å². The minimum Gasteiger partial charge on any atom is -0.780 e. The molecule has 0 fully saturated rings. The molecule has 4 N–H and O–H groups in total. The van der Waals surface area contributed by atoms with Crippen molar-refractivity contribution in [3.05, 3.63) is 0 Å². The van der Waals surface area contributed by atoms with Gasteiger partial charge in [0.2, 0.25) is 0 Å². The molecule has 0 saturated heterocycles. The van der Waals surface area contributed by atoms with Gasteiger partial charge in [0.25, 0.3) is 0 Å². The maximum atomic E-state index is 8.89. The third-order valence-electron chi connectivity index (χ3n) is 0. The van der Waals surface area contributed by atoms with Gasteiger partial charge in [-0.2, -0.15) is 0 Å². The normalized spacial score (nSPS) is 6.36. The van der Waals surface area contributed by atoms with E-state index < -0.39 is 9.05 Å². The summed E-state index contributed by atoms with van der Waals surface area (Å²) >= 11 is 3.24. The van der Waals surface area contributed by atoms with Crippen LogP contribution in [0, 0.1) is 0 Å². The molecule has 11 heteroatoms. The minimum atomic E-state index is -4.33. The first-order chi connectivity index (χ1) is 4.00. The average Bonchev–Trinajstić information content (AvgIpc) is 1.72. The molecule has 0 aromatic rings. The molecule has 0 aromatic heterocycles. The topological polar surface area (TPSA) is 144 Å². The van der Waals surface area contributed by atoms with Crippen LogP contribution >= 0.6 is 0 Å². The monoisotopic (exact) mass is 226 g/mol. The average molecular weight is 226 g/mol. The van der Waals surface area contributed by atoms with Crippen molar-refractivity contribution in [3.63, 3.8) is 0 Å². The Morgan fingerprint density at radius 3 is 1.00 bits per heavy atom. The summed E-state index contributed by atoms with van der Waals surface area (Å²) in [5.74, 6) is 0. The summed E-state index contributed by atoms with van der Waals surface area (Å²) in [7, 11) is -4.33. The first-order valence-electron chi connectivity index (χ1n) is 1.07. The van der Waals surface area contributed by atoms with Crippen molar-refractivity contribution in [1.29, 1.82) is 0 Å². The van der Waals surface area contributed by atoms with Crippen molar-refractivity contribution in [1.82, 2.24) is 0 Å². The molecule has 0 rings (SSSR count). The van der Waals surface area contributed by atoms with E-state index in [2.05, 4.69) is 11.2 Å². The van der Waals surface area contributed by atoms with Crippen LogP contribution in [0.1, 0.15) is 0 Å². The van der Waals surface area contributed by atoms with Crippen LogP contribution in [-0.4, -0.2) is 34.3 Å². The Morgan fingerprint density at radius 1 is 1.00 bits per heavy atom. The van der Waals surface area contributed by atoms with Crippen LogP contribution in [0.5, 0.6) is 0 Å². The summed E-state index contributed by atoms with van der Waals surface area (Å²) in [6, 6.07) is 0. The molecule has 0 aliphatic heterocycles. The molecule has 0 radical (unpaired) electrons. The standard InChI is InChI=1S/2Na.H2O3S2.2H2O2/c;;1-5(2,3)4;2*1-2/h;;(H2,1,2,3,4);2*1-2H/q2*+1;;;/p-2. The van der Waals surface area contributed by atoms with E-state index in [1.165, 1.54) is 0 Å². The third-order valence-corrected chi connectivity index (χ3v) is 0. The van der Waals surface area contributed by atoms with Gasteiger partial charge in [-0.25, -0.2) is 0 Å². The van der Waals surface area contributed by atoms with Crippen molar-refractivity contribution in [2.75, 3.05) is 0 Å². The SMILES string of the molecule is O=S([O-])([O-])=S.OO.OO.[Na+].[Na+]. The summed E-state index contributed by atoms with van der Waals surface area (Å²) in [6.07, 6.45) is 0. The van der Waals surface area contributed by atoms with Gasteiger partial charge in [0.15, 0.2) is 0 Å². The van der Waals surface area contributed by atoms with Gasteiger partial charge in [0, 0.05) is 0 Å². The Kier molecular flexibility index (Phi) is 60.4. The molecule has 60 valence electrons. The zero-order valence-electron chi connectivity index (χ0n) is 5.83. The molecule has 0 heterocycles. The quantitative estimate of drug-likeness (QED) is 0.181. The Bertz CT molecular complexity index is 97.6. The molecule has 0 spiro atoms. The maximum Gasteiger partial charge on any atom is 1.00 e. The molecule has 0 aliphatic carbocycles. The van der Waals surface area contributed by atoms with Crippen LogP contribution in [0.15, 0.2) is 0 Å². The summed E-state index contributed by atoms with van der Waals surface area (Å²) in [4.78, 5) is 0. The number of rotatable bonds is 0. The second-order valence-corrected chi connectivity index (χ2v) is 2.45. The van der Waals surface area contributed by atoms with E-state index in [-0.39, 0.29) is 59.1 Å². The van der Waals surface area contributed by atoms with Gasteiger partial charge in [0.05, 0.1) is 0 Å². The summed E-state index contributed by atoms with van der Waals surface area (Å²) in [5, 5.41) is 24.0. The Labute approximate surface area is 112 Å². The molecule has 0 atom stereocenters. The van der Waals surface area contributed by atoms with E-state index in [0.29, 0.717) is 0 Å². The van der Waals surface area contributed by atoms with Gasteiger partial charge < -0.3 is 9.11 Å². The van der Waals surface area contributed by atoms with Gasteiger partial charge in [-0.1, -0.05) is 0 Å². The second kappa shape index (κ2) is 22.7. The molecule has 11 heavy (non-hydrogen) atoms. The van der Waals surface area contributed by atoms with Crippen molar-refractivity contribution in [2.45, 2.75) is 0 Å². The Morgan fingerprint density at radius 2 is 1.00 bits per heavy atom. The molecule has 0 amide bonds. The number of hydrogen-bond donors (Lipinski definition) is 4. The first kappa shape index (κ1) is 29.2. The van der Waals surface area contributed by atoms with Gasteiger partial charge in [-0.05, 0) is 11.2 Å². The van der Waals surface area contributed by atoms with Crippen LogP contribution < -0.4 is 59.1 Å². The summed E-state index contributed by atoms with van der Waals surface area (Å²) in [5.41, 5.74) is 0. The summed E-state index contributed by atoms with van der Waals surface area (Å²) in [6.45, 7) is 0. The maximum absolute atomic E-state index is 8.89. The van der Waals surface area contributed by atoms with Crippen LogP contribution in [0.2, 0.25) is 0 Å². The third kappa shape index (κ3) is 274. The van der Waals surface area contributed by atoms with Crippen LogP contribution in [0.3, 0.4) is 0 Å². The molecule has 0 aromatic carbocycles. The summed E-state index contributed by atoms with van der Waals surface area (Å²) < 4.78 is 26.7. The van der Waals surface area contributed by atoms with Crippen LogP contribution in [0.4, 0.5) is 0 Å². The zero-order valence-corrected chi connectivity index (χ0v) is 11.5. The van der Waals surface area contributed by atoms with E-state index in [1.54, 1.807) is 0 Å². The fraction of sp³-hybridized carbons (Fsp3) is 0. The molecule has 0 saturated carbocycles. The predicted molar refractivity (Wildman–Crippen MR) is 27.6 cm³/mol. The van der Waals surface area contributed by atoms with Crippen LogP contribution in [0.25, 0.3) is 0 Å². The molecule has 7 nitrogen and oxygen atoms in total. The molecular weight excluding hydrogens is 222 g/mol. The molecule has 0 aliphatic rings. The van der Waals surface area contributed by atoms with Gasteiger partial charge in [-0.15, -0.1) is 9.05 Å². The van der Waals surface area contributed by atoms with Crippen molar-refractivity contribution in [2.24, 2.45) is 0 Å². The largest absolute Gasteiger partial charge is 1.00 e. The molecular formula is H4Na2O7S2. The second-order valence-electron chi connectivity index (χ2n) is 0.408. The van der Waals surface area contributed by atoms with E-state index in [4.69, 9.17) is 34.3 Å². The zero-order chi connectivity index (χ0) is 8.50. The predicted octanol–water partition coefficient (Wildman–Crippen LogP) is -6.96. The van der Waals surface area contributed by atoms with Crippen molar-refractivity contribution >= 4 is 20.2 Å². The molecule has 0 unspecified atom stereocenters. The minimum absolute atomic E-state index is 0. The fourth-order valence-corrected chi connectivity index (χ4v) is 0. The van der Waals surface area contributed by atoms with E-state index >= 15 is 0 Å². The first-order valence-corrected chi connectivity index (χ1v) is 3.40. The van der Waals surface area contributed by atoms with Gasteiger partial charge >= 0.3 is 59.1 Å². The Balaban J connectivity index is -0.0000000178. The van der Waals surface area contributed by atoms with Crippen molar-refractivity contribution < 1.29 is 93.5 Å². The fourth-order valence-electron chi connectivity index (χ4n) is 0. The van der Waals surface area contributed by atoms with Crippen molar-refractivity contribution in [3.8, 4) is 0 Å².